The minimum atomic E-state index is -0.623. The van der Waals surface area contributed by atoms with Gasteiger partial charge in [-0.15, -0.1) is 0 Å². The molecule has 0 aromatic heterocycles. The molecule has 1 saturated carbocycles. The molecule has 4 heteroatoms. The van der Waals surface area contributed by atoms with Crippen LogP contribution in [0.1, 0.15) is 52.9 Å². The molecule has 0 amide bonds. The molecule has 3 aliphatic rings. The Morgan fingerprint density at radius 3 is 2.86 bits per heavy atom. The Balaban J connectivity index is 1.93. The van der Waals surface area contributed by atoms with Crippen molar-refractivity contribution in [3.63, 3.8) is 0 Å². The molecule has 1 aliphatic carbocycles. The molecule has 3 atom stereocenters. The second-order valence-corrected chi connectivity index (χ2v) is 7.45. The van der Waals surface area contributed by atoms with E-state index in [1.807, 2.05) is 6.08 Å². The van der Waals surface area contributed by atoms with Crippen LogP contribution in [-0.2, 0) is 19.1 Å². The minimum Gasteiger partial charge on any atom is -0.462 e. The van der Waals surface area contributed by atoms with Gasteiger partial charge in [0.25, 0.3) is 0 Å². The molecule has 2 fully saturated rings. The molecule has 3 rings (SSSR count). The van der Waals surface area contributed by atoms with Gasteiger partial charge in [-0.05, 0) is 43.4 Å². The Bertz CT molecular complexity index is 505. The number of fused-ring (bicyclic) bond motifs is 5. The van der Waals surface area contributed by atoms with Gasteiger partial charge < -0.3 is 9.47 Å². The van der Waals surface area contributed by atoms with E-state index >= 15 is 0 Å². The predicted molar refractivity (Wildman–Crippen MR) is 77.4 cm³/mol. The first-order valence-electron chi connectivity index (χ1n) is 7.90. The fourth-order valence-corrected chi connectivity index (χ4v) is 4.47. The van der Waals surface area contributed by atoms with Gasteiger partial charge in [0, 0.05) is 18.4 Å². The largest absolute Gasteiger partial charge is 0.462 e. The predicted octanol–water partition coefficient (Wildman–Crippen LogP) is 3.01. The lowest BCUT2D eigenvalue weighted by Gasteiger charge is -2.59. The molecule has 116 valence electrons. The first-order valence-corrected chi connectivity index (χ1v) is 7.90. The van der Waals surface area contributed by atoms with E-state index in [2.05, 4.69) is 13.8 Å². The topological polar surface area (TPSA) is 52.6 Å². The average Bonchev–Trinajstić information content (AvgIpc) is 2.50. The summed E-state index contributed by atoms with van der Waals surface area (Å²) >= 11 is 0. The standard InChI is InChI=1S/C17H24O4/c1-11(18)20-10-17-8-4-5-12(15(19)21-17)6-7-13-14(17)9-16(13,2)3/h5,13-14H,4,6-10H2,1-3H3/t13-,14+,17+/m0/s1. The van der Waals surface area contributed by atoms with Crippen molar-refractivity contribution in [2.24, 2.45) is 17.3 Å². The molecule has 0 N–H and O–H groups in total. The molecule has 0 aromatic carbocycles. The van der Waals surface area contributed by atoms with Gasteiger partial charge in [-0.2, -0.15) is 0 Å². The van der Waals surface area contributed by atoms with Crippen molar-refractivity contribution in [3.8, 4) is 0 Å². The van der Waals surface area contributed by atoms with Crippen LogP contribution in [0, 0.1) is 17.3 Å². The summed E-state index contributed by atoms with van der Waals surface area (Å²) < 4.78 is 11.2. The molecule has 21 heavy (non-hydrogen) atoms. The van der Waals surface area contributed by atoms with Gasteiger partial charge >= 0.3 is 11.9 Å². The van der Waals surface area contributed by atoms with Crippen molar-refractivity contribution in [1.82, 2.24) is 0 Å². The highest BCUT2D eigenvalue weighted by molar-refractivity contribution is 5.89. The highest BCUT2D eigenvalue weighted by Crippen LogP contribution is 2.60. The Labute approximate surface area is 125 Å². The van der Waals surface area contributed by atoms with E-state index in [0.717, 1.165) is 37.7 Å². The Kier molecular flexibility index (Phi) is 3.38. The molecule has 0 unspecified atom stereocenters. The fourth-order valence-electron chi connectivity index (χ4n) is 4.47. The second kappa shape index (κ2) is 4.85. The number of carbonyl (C=O) groups is 2. The van der Waals surface area contributed by atoms with Crippen molar-refractivity contribution in [3.05, 3.63) is 11.6 Å². The van der Waals surface area contributed by atoms with Crippen LogP contribution in [0.5, 0.6) is 0 Å². The summed E-state index contributed by atoms with van der Waals surface area (Å²) in [5.74, 6) is 0.323. The SMILES string of the molecule is CC(=O)OC[C@]12CCC=C(CC[C@H]3[C@H]1CC3(C)C)C(=O)O2. The highest BCUT2D eigenvalue weighted by Gasteiger charge is 2.59. The maximum absolute atomic E-state index is 12.3. The molecule has 4 nitrogen and oxygen atoms in total. The lowest BCUT2D eigenvalue weighted by molar-refractivity contribution is -0.210. The van der Waals surface area contributed by atoms with Gasteiger partial charge in [0.2, 0.25) is 0 Å². The first kappa shape index (κ1) is 14.6. The molecular formula is C17H24O4. The van der Waals surface area contributed by atoms with Crippen LogP contribution in [-0.4, -0.2) is 24.1 Å². The van der Waals surface area contributed by atoms with Crippen LogP contribution < -0.4 is 0 Å². The van der Waals surface area contributed by atoms with Crippen molar-refractivity contribution < 1.29 is 19.1 Å². The Morgan fingerprint density at radius 2 is 2.19 bits per heavy atom. The van der Waals surface area contributed by atoms with E-state index in [-0.39, 0.29) is 24.0 Å². The second-order valence-electron chi connectivity index (χ2n) is 7.45. The Morgan fingerprint density at radius 1 is 1.43 bits per heavy atom. The van der Waals surface area contributed by atoms with Gasteiger partial charge in [-0.1, -0.05) is 19.9 Å². The molecular weight excluding hydrogens is 268 g/mol. The van der Waals surface area contributed by atoms with Crippen LogP contribution in [0.25, 0.3) is 0 Å². The van der Waals surface area contributed by atoms with Crippen LogP contribution in [0.3, 0.4) is 0 Å². The maximum Gasteiger partial charge on any atom is 0.334 e. The number of hydrogen-bond donors (Lipinski definition) is 0. The number of allylic oxidation sites excluding steroid dienone is 1. The average molecular weight is 292 g/mol. The third kappa shape index (κ3) is 2.39. The molecule has 2 heterocycles. The summed E-state index contributed by atoms with van der Waals surface area (Å²) in [5, 5.41) is 0. The summed E-state index contributed by atoms with van der Waals surface area (Å²) in [7, 11) is 0. The smallest absolute Gasteiger partial charge is 0.334 e. The van der Waals surface area contributed by atoms with Gasteiger partial charge in [0.05, 0.1) is 0 Å². The van der Waals surface area contributed by atoms with Crippen LogP contribution >= 0.6 is 0 Å². The van der Waals surface area contributed by atoms with Crippen LogP contribution in [0.2, 0.25) is 0 Å². The van der Waals surface area contributed by atoms with E-state index in [1.54, 1.807) is 0 Å². The number of ether oxygens (including phenoxy) is 2. The van der Waals surface area contributed by atoms with E-state index in [1.165, 1.54) is 6.92 Å². The lowest BCUT2D eigenvalue weighted by Crippen LogP contribution is -2.60. The highest BCUT2D eigenvalue weighted by atomic mass is 16.6. The van der Waals surface area contributed by atoms with Gasteiger partial charge in [-0.3, -0.25) is 4.79 Å². The molecule has 0 aromatic rings. The van der Waals surface area contributed by atoms with Crippen LogP contribution in [0.4, 0.5) is 0 Å². The Hall–Kier alpha value is -1.32. The lowest BCUT2D eigenvalue weighted by atomic mass is 9.49. The number of hydrogen-bond acceptors (Lipinski definition) is 4. The molecule has 2 bridgehead atoms. The van der Waals surface area contributed by atoms with Crippen molar-refractivity contribution in [2.45, 2.75) is 58.5 Å². The zero-order chi connectivity index (χ0) is 15.3. The normalized spacial score (nSPS) is 37.1. The number of carbonyl (C=O) groups excluding carboxylic acids is 2. The summed E-state index contributed by atoms with van der Waals surface area (Å²) in [6.45, 7) is 6.18. The van der Waals surface area contributed by atoms with Crippen molar-refractivity contribution in [2.75, 3.05) is 6.61 Å². The zero-order valence-electron chi connectivity index (χ0n) is 13.1. The van der Waals surface area contributed by atoms with E-state index < -0.39 is 5.60 Å². The molecule has 0 spiro atoms. The van der Waals surface area contributed by atoms with E-state index in [0.29, 0.717) is 11.8 Å². The van der Waals surface area contributed by atoms with Gasteiger partial charge in [0.15, 0.2) is 0 Å². The molecule has 1 saturated heterocycles. The van der Waals surface area contributed by atoms with Gasteiger partial charge in [-0.25, -0.2) is 4.79 Å². The summed E-state index contributed by atoms with van der Waals surface area (Å²) in [4.78, 5) is 23.5. The third-order valence-electron chi connectivity index (χ3n) is 5.67. The summed E-state index contributed by atoms with van der Waals surface area (Å²) in [6, 6.07) is 0. The van der Waals surface area contributed by atoms with E-state index in [4.69, 9.17) is 9.47 Å². The minimum absolute atomic E-state index is 0.201. The first-order chi connectivity index (χ1) is 9.84. The zero-order valence-corrected chi connectivity index (χ0v) is 13.1. The summed E-state index contributed by atoms with van der Waals surface area (Å²) in [5.41, 5.74) is 0.466. The number of esters is 2. The summed E-state index contributed by atoms with van der Waals surface area (Å²) in [6.07, 6.45) is 6.48. The third-order valence-corrected chi connectivity index (χ3v) is 5.67. The maximum atomic E-state index is 12.3. The van der Waals surface area contributed by atoms with Crippen molar-refractivity contribution >= 4 is 11.9 Å². The molecule has 2 aliphatic heterocycles. The van der Waals surface area contributed by atoms with Crippen LogP contribution in [0.15, 0.2) is 11.6 Å². The fraction of sp³-hybridized carbons (Fsp3) is 0.765. The molecule has 0 radical (unpaired) electrons. The quantitative estimate of drug-likeness (QED) is 0.734. The van der Waals surface area contributed by atoms with Gasteiger partial charge in [0.1, 0.15) is 12.2 Å². The monoisotopic (exact) mass is 292 g/mol. The number of rotatable bonds is 2. The van der Waals surface area contributed by atoms with Crippen molar-refractivity contribution in [1.29, 1.82) is 0 Å². The van der Waals surface area contributed by atoms with E-state index in [9.17, 15) is 9.59 Å².